The van der Waals surface area contributed by atoms with Crippen LogP contribution in [0.25, 0.3) is 0 Å². The van der Waals surface area contributed by atoms with Crippen LogP contribution in [0.4, 0.5) is 5.00 Å². The summed E-state index contributed by atoms with van der Waals surface area (Å²) in [6.45, 7) is 0. The van der Waals surface area contributed by atoms with Crippen LogP contribution < -0.4 is 4.90 Å². The molecule has 5 aliphatic rings. The number of halogens is 2. The van der Waals surface area contributed by atoms with Gasteiger partial charge in [0.05, 0.1) is 26.0 Å². The summed E-state index contributed by atoms with van der Waals surface area (Å²) >= 11 is 9.54. The van der Waals surface area contributed by atoms with Crippen LogP contribution in [0.15, 0.2) is 48.5 Å². The van der Waals surface area contributed by atoms with Gasteiger partial charge in [0.1, 0.15) is 11.1 Å². The monoisotopic (exact) mass is 592 g/mol. The van der Waals surface area contributed by atoms with Gasteiger partial charge in [-0.1, -0.05) is 80.4 Å². The number of rotatable bonds is 1. The molecule has 4 aliphatic carbocycles. The molecule has 1 aliphatic heterocycles. The Kier molecular flexibility index (Phi) is 4.27. The molecule has 1 fully saturated rings. The molecule has 168 valence electrons. The number of carbonyl (C=O) groups is 2. The minimum Gasteiger partial charge on any atom is -0.274 e. The molecule has 4 nitrogen and oxygen atoms in total. The van der Waals surface area contributed by atoms with Crippen molar-refractivity contribution in [2.75, 3.05) is 4.90 Å². The molecule has 1 saturated heterocycles. The second kappa shape index (κ2) is 6.90. The number of hydrogen-bond donors (Lipinski definition) is 0. The van der Waals surface area contributed by atoms with Gasteiger partial charge in [-0.2, -0.15) is 5.26 Å². The lowest BCUT2D eigenvalue weighted by atomic mass is 9.54. The normalized spacial score (nSPS) is 30.4. The van der Waals surface area contributed by atoms with E-state index < -0.39 is 20.5 Å². The first-order valence-electron chi connectivity index (χ1n) is 11.4. The topological polar surface area (TPSA) is 61.2 Å². The molecule has 2 amide bonds. The molecule has 0 saturated carbocycles. The molecule has 3 aromatic rings. The smallest absolute Gasteiger partial charge is 0.240 e. The van der Waals surface area contributed by atoms with E-state index in [0.29, 0.717) is 10.6 Å². The van der Waals surface area contributed by atoms with Crippen molar-refractivity contribution in [3.63, 3.8) is 0 Å². The molecule has 0 unspecified atom stereocenters. The van der Waals surface area contributed by atoms with Crippen LogP contribution in [0.2, 0.25) is 0 Å². The summed E-state index contributed by atoms with van der Waals surface area (Å²) in [5.74, 6) is -1.69. The maximum Gasteiger partial charge on any atom is 0.240 e. The van der Waals surface area contributed by atoms with Crippen LogP contribution in [0.3, 0.4) is 0 Å². The molecule has 0 radical (unpaired) electrons. The van der Waals surface area contributed by atoms with Gasteiger partial charge in [-0.15, -0.1) is 11.3 Å². The van der Waals surface area contributed by atoms with E-state index in [2.05, 4.69) is 62.2 Å². The van der Waals surface area contributed by atoms with E-state index in [4.69, 9.17) is 0 Å². The third-order valence-corrected chi connectivity index (χ3v) is 12.0. The zero-order chi connectivity index (χ0) is 23.4. The number of alkyl halides is 2. The van der Waals surface area contributed by atoms with Crippen LogP contribution in [0.1, 0.15) is 51.1 Å². The summed E-state index contributed by atoms with van der Waals surface area (Å²) in [4.78, 5) is 31.0. The average molecular weight is 594 g/mol. The van der Waals surface area contributed by atoms with E-state index in [9.17, 15) is 14.9 Å². The highest BCUT2D eigenvalue weighted by Gasteiger charge is 2.72. The summed E-state index contributed by atoms with van der Waals surface area (Å²) in [7, 11) is 0. The number of hydrogen-bond acceptors (Lipinski definition) is 4. The van der Waals surface area contributed by atoms with Crippen molar-refractivity contribution in [1.82, 2.24) is 0 Å². The quantitative estimate of drug-likeness (QED) is 0.260. The fourth-order valence-corrected chi connectivity index (χ4v) is 10.3. The van der Waals surface area contributed by atoms with E-state index in [1.54, 1.807) is 0 Å². The Morgan fingerprint density at radius 1 is 0.853 bits per heavy atom. The number of amides is 2. The van der Waals surface area contributed by atoms with Gasteiger partial charge in [0, 0.05) is 4.88 Å². The van der Waals surface area contributed by atoms with Crippen molar-refractivity contribution >= 4 is 60.0 Å². The largest absolute Gasteiger partial charge is 0.274 e. The predicted octanol–water partition coefficient (Wildman–Crippen LogP) is 5.91. The molecule has 2 aromatic carbocycles. The first-order chi connectivity index (χ1) is 16.4. The summed E-state index contributed by atoms with van der Waals surface area (Å²) in [5, 5.41) is 10.6. The van der Waals surface area contributed by atoms with E-state index in [0.717, 1.165) is 58.4 Å². The molecule has 2 atom stereocenters. The molecule has 34 heavy (non-hydrogen) atoms. The van der Waals surface area contributed by atoms with Gasteiger partial charge in [0.15, 0.2) is 0 Å². The molecule has 8 rings (SSSR count). The number of nitrogens with zero attached hydrogens (tertiary/aromatic N) is 2. The van der Waals surface area contributed by atoms with Crippen LogP contribution in [-0.2, 0) is 31.1 Å². The lowest BCUT2D eigenvalue weighted by molar-refractivity contribution is -0.122. The number of thiophene rings is 1. The van der Waals surface area contributed by atoms with Crippen LogP contribution in [0, 0.1) is 23.2 Å². The van der Waals surface area contributed by atoms with E-state index in [1.807, 2.05) is 24.3 Å². The second-order valence-corrected chi connectivity index (χ2v) is 13.1. The zero-order valence-electron chi connectivity index (χ0n) is 18.0. The minimum atomic E-state index is -0.814. The Morgan fingerprint density at radius 3 is 1.79 bits per heavy atom. The van der Waals surface area contributed by atoms with Gasteiger partial charge in [-0.05, 0) is 53.5 Å². The van der Waals surface area contributed by atoms with E-state index in [1.165, 1.54) is 16.2 Å². The summed E-state index contributed by atoms with van der Waals surface area (Å²) in [6, 6.07) is 18.5. The Hall–Kier alpha value is -2.27. The highest BCUT2D eigenvalue weighted by atomic mass is 79.9. The van der Waals surface area contributed by atoms with Gasteiger partial charge in [-0.3, -0.25) is 9.59 Å². The highest BCUT2D eigenvalue weighted by molar-refractivity contribution is 9.10. The maximum absolute atomic E-state index is 14.2. The molecule has 1 aromatic heterocycles. The van der Waals surface area contributed by atoms with Crippen LogP contribution >= 0.6 is 43.2 Å². The molecule has 2 bridgehead atoms. The Balaban J connectivity index is 1.49. The average Bonchev–Trinajstić information content (AvgIpc) is 3.36. The predicted molar refractivity (Wildman–Crippen MR) is 137 cm³/mol. The zero-order valence-corrected chi connectivity index (χ0v) is 22.0. The van der Waals surface area contributed by atoms with Gasteiger partial charge in [0.2, 0.25) is 11.8 Å². The van der Waals surface area contributed by atoms with Crippen molar-refractivity contribution in [2.24, 2.45) is 11.8 Å². The molecule has 0 N–H and O–H groups in total. The number of carbonyl (C=O) groups excluding carboxylic acids is 2. The fourth-order valence-electron chi connectivity index (χ4n) is 6.69. The lowest BCUT2D eigenvalue weighted by Crippen LogP contribution is -2.56. The lowest BCUT2D eigenvalue weighted by Gasteiger charge is -2.55. The Morgan fingerprint density at radius 2 is 1.32 bits per heavy atom. The highest BCUT2D eigenvalue weighted by Crippen LogP contribution is 2.71. The Labute approximate surface area is 217 Å². The van der Waals surface area contributed by atoms with Gasteiger partial charge < -0.3 is 0 Å². The van der Waals surface area contributed by atoms with Crippen molar-refractivity contribution < 1.29 is 9.59 Å². The van der Waals surface area contributed by atoms with Crippen molar-refractivity contribution in [2.45, 2.75) is 34.3 Å². The third-order valence-electron chi connectivity index (χ3n) is 8.05. The van der Waals surface area contributed by atoms with Gasteiger partial charge in [0.25, 0.3) is 0 Å². The molecular weight excluding hydrogens is 576 g/mol. The van der Waals surface area contributed by atoms with Crippen molar-refractivity contribution in [3.8, 4) is 6.07 Å². The minimum absolute atomic E-state index is 0.227. The number of nitriles is 1. The standard InChI is InChI=1S/C27H18Br2N2O2S/c28-26-16-8-2-3-9-17(16)27(29,19-11-5-4-10-18(19)26)22-21(26)23(32)31(24(22)33)25-15(13-30)14-7-1-6-12-20(14)34-25/h2-5,8-11,21-22H,1,6-7,12H2/t21-,22-,26?,27?/m0/s1. The molecule has 7 heteroatoms. The third kappa shape index (κ3) is 2.24. The number of anilines is 1. The first kappa shape index (κ1) is 21.0. The molecular formula is C27H18Br2N2O2S. The Bertz CT molecular complexity index is 1360. The summed E-state index contributed by atoms with van der Waals surface area (Å²) in [6.07, 6.45) is 3.84. The van der Waals surface area contributed by atoms with Crippen molar-refractivity contribution in [3.05, 3.63) is 86.8 Å². The van der Waals surface area contributed by atoms with Crippen molar-refractivity contribution in [1.29, 1.82) is 5.26 Å². The number of imide groups is 1. The van der Waals surface area contributed by atoms with Gasteiger partial charge >= 0.3 is 0 Å². The number of fused-ring (bicyclic) bond motifs is 1. The van der Waals surface area contributed by atoms with E-state index >= 15 is 0 Å². The number of aryl methyl sites for hydroxylation is 1. The second-order valence-electron chi connectivity index (χ2n) is 9.48. The number of benzene rings is 2. The van der Waals surface area contributed by atoms with Crippen LogP contribution in [0.5, 0.6) is 0 Å². The van der Waals surface area contributed by atoms with E-state index in [-0.39, 0.29) is 11.8 Å². The van der Waals surface area contributed by atoms with Crippen LogP contribution in [-0.4, -0.2) is 11.8 Å². The first-order valence-corrected chi connectivity index (χ1v) is 13.8. The maximum atomic E-state index is 14.2. The fraction of sp³-hybridized carbons (Fsp3) is 0.296. The van der Waals surface area contributed by atoms with Gasteiger partial charge in [-0.25, -0.2) is 4.90 Å². The summed E-state index contributed by atoms with van der Waals surface area (Å²) < 4.78 is -1.63. The molecule has 2 heterocycles. The molecule has 0 spiro atoms. The summed E-state index contributed by atoms with van der Waals surface area (Å²) in [5.41, 5.74) is 5.60. The SMILES string of the molecule is N#Cc1c(N2C(=O)[C@@H]3[C@@H](C2=O)C2(Br)c4ccccc4C3(Br)c3ccccc32)sc2c1CCCC2.